The highest BCUT2D eigenvalue weighted by Gasteiger charge is 2.14. The summed E-state index contributed by atoms with van der Waals surface area (Å²) in [5.41, 5.74) is 0.574. The highest BCUT2D eigenvalue weighted by molar-refractivity contribution is 5.97. The lowest BCUT2D eigenvalue weighted by atomic mass is 10.2. The first-order valence-electron chi connectivity index (χ1n) is 4.32. The topological polar surface area (TPSA) is 30.8 Å². The number of methoxy groups -OCH3 is 1. The lowest BCUT2D eigenvalue weighted by Gasteiger charge is -2.07. The van der Waals surface area contributed by atoms with E-state index in [9.17, 15) is 4.39 Å². The van der Waals surface area contributed by atoms with Crippen LogP contribution in [0.5, 0.6) is 5.75 Å². The van der Waals surface area contributed by atoms with E-state index in [2.05, 4.69) is 4.99 Å². The molecule has 0 radical (unpaired) electrons. The van der Waals surface area contributed by atoms with Gasteiger partial charge in [-0.25, -0.2) is 9.38 Å². The maximum Gasteiger partial charge on any atom is 0.219 e. The molecule has 0 amide bonds. The van der Waals surface area contributed by atoms with Gasteiger partial charge in [-0.15, -0.1) is 0 Å². The lowest BCUT2D eigenvalue weighted by Crippen LogP contribution is -2.04. The summed E-state index contributed by atoms with van der Waals surface area (Å²) in [6, 6.07) is 4.31. The second-order valence-electron chi connectivity index (χ2n) is 2.88. The number of rotatable bonds is 0. The fourth-order valence-corrected chi connectivity index (χ4v) is 1.36. The van der Waals surface area contributed by atoms with Crippen LogP contribution in [-0.2, 0) is 4.74 Å². The summed E-state index contributed by atoms with van der Waals surface area (Å²) in [4.78, 5) is 4.13. The minimum absolute atomic E-state index is 0.320. The third-order valence-electron chi connectivity index (χ3n) is 1.97. The van der Waals surface area contributed by atoms with Crippen LogP contribution in [0.15, 0.2) is 23.2 Å². The summed E-state index contributed by atoms with van der Waals surface area (Å²) in [6.07, 6.45) is 0. The van der Waals surface area contributed by atoms with Crippen LogP contribution >= 0.6 is 0 Å². The van der Waals surface area contributed by atoms with Gasteiger partial charge in [0.25, 0.3) is 0 Å². The number of nitrogens with zero attached hydrogens (tertiary/aromatic N) is 1. The molecular formula is C10H10FNO2. The second-order valence-corrected chi connectivity index (χ2v) is 2.88. The molecule has 0 fully saturated rings. The number of benzene rings is 1. The molecule has 1 aliphatic rings. The monoisotopic (exact) mass is 195 g/mol. The van der Waals surface area contributed by atoms with Crippen molar-refractivity contribution in [3.63, 3.8) is 0 Å². The highest BCUT2D eigenvalue weighted by atomic mass is 19.1. The van der Waals surface area contributed by atoms with Crippen LogP contribution < -0.4 is 4.74 Å². The zero-order valence-corrected chi connectivity index (χ0v) is 7.79. The molecule has 2 rings (SSSR count). The van der Waals surface area contributed by atoms with E-state index in [1.165, 1.54) is 19.2 Å². The number of hydrogen-bond acceptors (Lipinski definition) is 3. The van der Waals surface area contributed by atoms with E-state index in [4.69, 9.17) is 9.47 Å². The standard InChI is InChI=1S/C10H10FNO2/c1-13-10-8-6-7(11)2-3-9(8)14-5-4-12-10/h2-3,6H,4-5H2,1H3. The fraction of sp³-hybridized carbons (Fsp3) is 0.300. The Morgan fingerprint density at radius 2 is 2.36 bits per heavy atom. The summed E-state index contributed by atoms with van der Waals surface area (Å²) < 4.78 is 23.4. The molecule has 0 unspecified atom stereocenters. The van der Waals surface area contributed by atoms with E-state index >= 15 is 0 Å². The van der Waals surface area contributed by atoms with Crippen molar-refractivity contribution in [3.05, 3.63) is 29.6 Å². The molecule has 74 valence electrons. The minimum Gasteiger partial charge on any atom is -0.491 e. The lowest BCUT2D eigenvalue weighted by molar-refractivity contribution is 0.331. The largest absolute Gasteiger partial charge is 0.491 e. The zero-order chi connectivity index (χ0) is 9.97. The van der Waals surface area contributed by atoms with Crippen molar-refractivity contribution >= 4 is 5.90 Å². The van der Waals surface area contributed by atoms with Gasteiger partial charge in [-0.05, 0) is 18.2 Å². The fourth-order valence-electron chi connectivity index (χ4n) is 1.36. The van der Waals surface area contributed by atoms with Crippen molar-refractivity contribution in [3.8, 4) is 5.75 Å². The van der Waals surface area contributed by atoms with Crippen LogP contribution in [0.3, 0.4) is 0 Å². The van der Waals surface area contributed by atoms with Gasteiger partial charge in [0.1, 0.15) is 18.2 Å². The normalized spacial score (nSPS) is 14.9. The van der Waals surface area contributed by atoms with Gasteiger partial charge in [0.05, 0.1) is 19.2 Å². The molecule has 0 saturated carbocycles. The molecule has 1 aromatic carbocycles. The van der Waals surface area contributed by atoms with Crippen LogP contribution in [0.1, 0.15) is 5.56 Å². The molecule has 14 heavy (non-hydrogen) atoms. The van der Waals surface area contributed by atoms with E-state index in [-0.39, 0.29) is 5.82 Å². The third-order valence-corrected chi connectivity index (χ3v) is 1.97. The van der Waals surface area contributed by atoms with Crippen molar-refractivity contribution in [1.29, 1.82) is 0 Å². The average molecular weight is 195 g/mol. The molecule has 0 saturated heterocycles. The zero-order valence-electron chi connectivity index (χ0n) is 7.79. The smallest absolute Gasteiger partial charge is 0.219 e. The van der Waals surface area contributed by atoms with Crippen molar-refractivity contribution in [2.45, 2.75) is 0 Å². The summed E-state index contributed by atoms with van der Waals surface area (Å²) in [7, 11) is 1.51. The Morgan fingerprint density at radius 3 is 3.14 bits per heavy atom. The molecule has 0 N–H and O–H groups in total. The third kappa shape index (κ3) is 1.55. The molecule has 1 aliphatic heterocycles. The molecule has 3 nitrogen and oxygen atoms in total. The van der Waals surface area contributed by atoms with Gasteiger partial charge >= 0.3 is 0 Å². The average Bonchev–Trinajstić information content (AvgIpc) is 2.39. The number of hydrogen-bond donors (Lipinski definition) is 0. The van der Waals surface area contributed by atoms with Gasteiger partial charge in [0, 0.05) is 0 Å². The molecule has 0 atom stereocenters. The van der Waals surface area contributed by atoms with E-state index < -0.39 is 0 Å². The van der Waals surface area contributed by atoms with E-state index in [1.807, 2.05) is 0 Å². The predicted molar refractivity (Wildman–Crippen MR) is 50.3 cm³/mol. The molecule has 0 spiro atoms. The van der Waals surface area contributed by atoms with Crippen molar-refractivity contribution < 1.29 is 13.9 Å². The van der Waals surface area contributed by atoms with Gasteiger partial charge < -0.3 is 9.47 Å². The van der Waals surface area contributed by atoms with Crippen molar-refractivity contribution in [2.75, 3.05) is 20.3 Å². The van der Waals surface area contributed by atoms with Gasteiger partial charge in [-0.2, -0.15) is 0 Å². The quantitative estimate of drug-likeness (QED) is 0.629. The molecular weight excluding hydrogens is 185 g/mol. The summed E-state index contributed by atoms with van der Waals surface area (Å²) in [5.74, 6) is 0.723. The Hall–Kier alpha value is -1.58. The van der Waals surface area contributed by atoms with Gasteiger partial charge in [0.15, 0.2) is 0 Å². The number of halogens is 1. The van der Waals surface area contributed by atoms with Gasteiger partial charge in [0.2, 0.25) is 5.90 Å². The maximum atomic E-state index is 13.0. The van der Waals surface area contributed by atoms with E-state index in [1.54, 1.807) is 6.07 Å². The van der Waals surface area contributed by atoms with Crippen LogP contribution in [0.4, 0.5) is 4.39 Å². The molecule has 1 aromatic rings. The van der Waals surface area contributed by atoms with Crippen LogP contribution in [0.2, 0.25) is 0 Å². The molecule has 0 aromatic heterocycles. The minimum atomic E-state index is -0.320. The van der Waals surface area contributed by atoms with Crippen LogP contribution in [0.25, 0.3) is 0 Å². The predicted octanol–water partition coefficient (Wildman–Crippen LogP) is 1.61. The summed E-state index contributed by atoms with van der Waals surface area (Å²) in [5, 5.41) is 0. The number of ether oxygens (including phenoxy) is 2. The van der Waals surface area contributed by atoms with Crippen molar-refractivity contribution in [1.82, 2.24) is 0 Å². The van der Waals surface area contributed by atoms with E-state index in [0.717, 1.165) is 0 Å². The SMILES string of the molecule is COC1=NCCOc2ccc(F)cc21. The Kier molecular flexibility index (Phi) is 2.35. The molecule has 1 heterocycles. The summed E-state index contributed by atoms with van der Waals surface area (Å²) >= 11 is 0. The molecule has 4 heteroatoms. The number of fused-ring (bicyclic) bond motifs is 1. The van der Waals surface area contributed by atoms with Crippen molar-refractivity contribution in [2.24, 2.45) is 4.99 Å². The Balaban J connectivity index is 2.51. The van der Waals surface area contributed by atoms with Crippen LogP contribution in [0, 0.1) is 5.82 Å². The first kappa shape index (κ1) is 8.99. The highest BCUT2D eigenvalue weighted by Crippen LogP contribution is 2.22. The van der Waals surface area contributed by atoms with Gasteiger partial charge in [-0.3, -0.25) is 0 Å². The molecule has 0 bridgehead atoms. The van der Waals surface area contributed by atoms with Crippen LogP contribution in [-0.4, -0.2) is 26.2 Å². The van der Waals surface area contributed by atoms with E-state index in [0.29, 0.717) is 30.4 Å². The van der Waals surface area contributed by atoms with Gasteiger partial charge in [-0.1, -0.05) is 0 Å². The molecule has 0 aliphatic carbocycles. The summed E-state index contributed by atoms with van der Waals surface area (Å²) in [6.45, 7) is 1.02. The Bertz CT molecular complexity index is 376. The first-order valence-corrected chi connectivity index (χ1v) is 4.32. The number of aliphatic imine (C=N–C) groups is 1. The second kappa shape index (κ2) is 3.65. The Morgan fingerprint density at radius 1 is 1.50 bits per heavy atom. The first-order chi connectivity index (χ1) is 6.81. The Labute approximate surface area is 81.2 Å². The maximum absolute atomic E-state index is 13.0.